The summed E-state index contributed by atoms with van der Waals surface area (Å²) in [6, 6.07) is 10.9. The number of methoxy groups -OCH3 is 2. The van der Waals surface area contributed by atoms with Crippen LogP contribution in [0.3, 0.4) is 0 Å². The first-order valence-corrected chi connectivity index (χ1v) is 23.1. The Hall–Kier alpha value is -6.26. The predicted molar refractivity (Wildman–Crippen MR) is 250 cm³/mol. The molecule has 6 atom stereocenters. The van der Waals surface area contributed by atoms with Crippen LogP contribution in [0.1, 0.15) is 122 Å². The number of imidazole rings is 2. The van der Waals surface area contributed by atoms with E-state index >= 15 is 0 Å². The molecule has 5 heterocycles. The minimum absolute atomic E-state index is 0.0619. The Balaban J connectivity index is 1.09. The highest BCUT2D eigenvalue weighted by Crippen LogP contribution is 2.45. The lowest BCUT2D eigenvalue weighted by Gasteiger charge is -2.37. The number of nitrogens with one attached hydrogen (secondary N) is 4. The number of ether oxygens (including phenoxy) is 3. The molecule has 3 aliphatic heterocycles. The molecule has 0 unspecified atom stereocenters. The van der Waals surface area contributed by atoms with Crippen molar-refractivity contribution in [3.05, 3.63) is 65.4 Å². The first-order valence-electron chi connectivity index (χ1n) is 23.1. The predicted octanol–water partition coefficient (Wildman–Crippen LogP) is 9.33. The highest BCUT2D eigenvalue weighted by Gasteiger charge is 2.47. The molecule has 3 aliphatic rings. The summed E-state index contributed by atoms with van der Waals surface area (Å²) in [5.41, 5.74) is 4.68. The maximum Gasteiger partial charge on any atom is 0.407 e. The Kier molecular flexibility index (Phi) is 12.8. The van der Waals surface area contributed by atoms with E-state index in [4.69, 9.17) is 24.2 Å². The number of aromatic nitrogens is 4. The molecule has 0 aliphatic carbocycles. The van der Waals surface area contributed by atoms with Crippen molar-refractivity contribution in [3.8, 4) is 28.1 Å². The van der Waals surface area contributed by atoms with Gasteiger partial charge in [0.05, 0.1) is 56.4 Å². The van der Waals surface area contributed by atoms with Crippen LogP contribution in [-0.2, 0) is 25.7 Å². The quantitative estimate of drug-likeness (QED) is 0.0947. The molecule has 5 aromatic rings. The van der Waals surface area contributed by atoms with Crippen molar-refractivity contribution in [2.75, 3.05) is 27.6 Å². The van der Waals surface area contributed by atoms with Crippen molar-refractivity contribution < 1.29 is 42.2 Å². The van der Waals surface area contributed by atoms with Gasteiger partial charge in [-0.05, 0) is 86.2 Å². The first kappa shape index (κ1) is 47.2. The second kappa shape index (κ2) is 18.1. The van der Waals surface area contributed by atoms with Crippen LogP contribution in [0.25, 0.3) is 44.2 Å². The Morgan fingerprint density at radius 2 is 1.34 bits per heavy atom. The summed E-state index contributed by atoms with van der Waals surface area (Å²) in [5.74, 6) is 1.23. The largest absolute Gasteiger partial charge is 0.488 e. The molecule has 2 fully saturated rings. The standard InChI is InChI=1S/C50H62F2N8O7/c1-25(2)38-39(55-44(54-38)36-18-12-27(4)60(36)46(62)42(50(7,8)24-52)58-48(64)66-10)29-13-15-31-30(19-29)22-67-37-21-32-28(20-33(31)37)14-16-34-40(32)56-43(53-34)35-17-11-26(3)59(35)45(61)41(49(5,6)23-51)57-47(63)65-9/h13-16,19-21,25-27,35-36,41-42H,11-12,17-18,22-24H2,1-10H3,(H,53,56)(H,54,55)(H,57,63)(H,58,64)/t26-,27-,35-,36-,41+,42+/m0/s1. The maximum atomic E-state index is 14.4. The summed E-state index contributed by atoms with van der Waals surface area (Å²) in [4.78, 5) is 73.9. The number of hydrogen-bond acceptors (Lipinski definition) is 9. The van der Waals surface area contributed by atoms with E-state index in [1.807, 2.05) is 32.0 Å². The zero-order valence-electron chi connectivity index (χ0n) is 39.9. The van der Waals surface area contributed by atoms with Gasteiger partial charge in [-0.3, -0.25) is 18.4 Å². The summed E-state index contributed by atoms with van der Waals surface area (Å²) < 4.78 is 44.8. The monoisotopic (exact) mass is 924 g/mol. The molecule has 0 bridgehead atoms. The summed E-state index contributed by atoms with van der Waals surface area (Å²) in [5, 5.41) is 7.02. The molecule has 0 radical (unpaired) electrons. The second-order valence-electron chi connectivity index (χ2n) is 20.1. The van der Waals surface area contributed by atoms with E-state index in [2.05, 4.69) is 58.7 Å². The molecule has 0 saturated carbocycles. The number of halogens is 2. The van der Waals surface area contributed by atoms with Gasteiger partial charge >= 0.3 is 12.2 Å². The molecular weight excluding hydrogens is 863 g/mol. The molecule has 4 amide bonds. The lowest BCUT2D eigenvalue weighted by molar-refractivity contribution is -0.140. The van der Waals surface area contributed by atoms with Crippen LogP contribution in [0.2, 0.25) is 0 Å². The number of aromatic amines is 2. The van der Waals surface area contributed by atoms with Crippen molar-refractivity contribution in [1.29, 1.82) is 0 Å². The summed E-state index contributed by atoms with van der Waals surface area (Å²) in [6.07, 6.45) is 1.08. The number of likely N-dealkylation sites (tertiary alicyclic amines) is 2. The van der Waals surface area contributed by atoms with Gasteiger partial charge in [0.1, 0.15) is 36.1 Å². The molecule has 4 N–H and O–H groups in total. The second-order valence-corrected chi connectivity index (χ2v) is 20.1. The average molecular weight is 925 g/mol. The molecule has 8 rings (SSSR count). The molecule has 2 aromatic heterocycles. The summed E-state index contributed by atoms with van der Waals surface area (Å²) >= 11 is 0. The van der Waals surface area contributed by atoms with Gasteiger partial charge in [-0.15, -0.1) is 0 Å². The van der Waals surface area contributed by atoms with Crippen LogP contribution in [0.15, 0.2) is 42.5 Å². The lowest BCUT2D eigenvalue weighted by Crippen LogP contribution is -2.57. The lowest BCUT2D eigenvalue weighted by atomic mass is 9.84. The number of H-pyrrole nitrogens is 2. The van der Waals surface area contributed by atoms with E-state index in [1.54, 1.807) is 37.5 Å². The van der Waals surface area contributed by atoms with E-state index in [1.165, 1.54) is 14.2 Å². The van der Waals surface area contributed by atoms with E-state index in [0.29, 0.717) is 49.7 Å². The fraction of sp³-hybridized carbons (Fsp3) is 0.520. The van der Waals surface area contributed by atoms with Crippen molar-refractivity contribution in [2.45, 2.75) is 130 Å². The number of alkyl halides is 2. The van der Waals surface area contributed by atoms with Gasteiger partial charge in [-0.25, -0.2) is 19.6 Å². The molecule has 0 spiro atoms. The SMILES string of the molecule is COC(=O)N[C@H](C(=O)N1[C@@H](C)CC[C@H]1c1nc(-c2ccc3c(c2)COc2cc4c(ccc5[nH]c([C@@H]6CC[C@H](C)N6C(=O)[C@@H](NC(=O)OC)C(C)(C)CF)nc54)cc2-3)c(C(C)C)[nH]1)C(C)(C)CF. The zero-order valence-corrected chi connectivity index (χ0v) is 39.9. The molecule has 15 nitrogen and oxygen atoms in total. The van der Waals surface area contributed by atoms with Gasteiger partial charge in [0.2, 0.25) is 11.8 Å². The number of nitrogens with zero attached hydrogens (tertiary/aromatic N) is 4. The number of carbonyl (C=O) groups is 4. The van der Waals surface area contributed by atoms with Crippen LogP contribution in [0.4, 0.5) is 18.4 Å². The van der Waals surface area contributed by atoms with Crippen LogP contribution in [-0.4, -0.2) is 105 Å². The Morgan fingerprint density at radius 1 is 0.776 bits per heavy atom. The first-order chi connectivity index (χ1) is 31.8. The number of carbonyl (C=O) groups excluding carboxylic acids is 4. The van der Waals surface area contributed by atoms with Crippen LogP contribution >= 0.6 is 0 Å². The molecule has 67 heavy (non-hydrogen) atoms. The fourth-order valence-electron chi connectivity index (χ4n) is 10.0. The van der Waals surface area contributed by atoms with E-state index in [-0.39, 0.29) is 23.9 Å². The molecule has 2 saturated heterocycles. The van der Waals surface area contributed by atoms with Crippen molar-refractivity contribution in [2.24, 2.45) is 10.8 Å². The van der Waals surface area contributed by atoms with Crippen LogP contribution < -0.4 is 15.4 Å². The number of amides is 4. The number of rotatable bonds is 12. The highest BCUT2D eigenvalue weighted by atomic mass is 19.1. The molecule has 3 aromatic carbocycles. The van der Waals surface area contributed by atoms with Gasteiger partial charge in [-0.2, -0.15) is 0 Å². The minimum Gasteiger partial charge on any atom is -0.488 e. The zero-order chi connectivity index (χ0) is 48.3. The smallest absolute Gasteiger partial charge is 0.407 e. The average Bonchev–Trinajstić information content (AvgIpc) is 4.13. The molecule has 358 valence electrons. The van der Waals surface area contributed by atoms with E-state index in [9.17, 15) is 28.0 Å². The number of benzene rings is 3. The van der Waals surface area contributed by atoms with Gasteiger partial charge < -0.3 is 44.6 Å². The van der Waals surface area contributed by atoms with Crippen LogP contribution in [0.5, 0.6) is 5.75 Å². The van der Waals surface area contributed by atoms with Gasteiger partial charge in [0.15, 0.2) is 0 Å². The minimum atomic E-state index is -1.19. The maximum absolute atomic E-state index is 14.4. The normalized spacial score (nSPS) is 20.4. The van der Waals surface area contributed by atoms with Crippen molar-refractivity contribution in [1.82, 2.24) is 40.4 Å². The third kappa shape index (κ3) is 8.54. The summed E-state index contributed by atoms with van der Waals surface area (Å²) in [6.45, 7) is 13.2. The number of fused-ring (bicyclic) bond motifs is 6. The van der Waals surface area contributed by atoms with Gasteiger partial charge in [0.25, 0.3) is 0 Å². The summed E-state index contributed by atoms with van der Waals surface area (Å²) in [7, 11) is 2.42. The Bertz CT molecular complexity index is 2730. The number of hydrogen-bond donors (Lipinski definition) is 4. The van der Waals surface area contributed by atoms with E-state index < -0.39 is 66.4 Å². The highest BCUT2D eigenvalue weighted by molar-refractivity contribution is 6.07. The third-order valence-electron chi connectivity index (χ3n) is 14.1. The molecule has 17 heteroatoms. The van der Waals surface area contributed by atoms with Gasteiger partial charge in [0, 0.05) is 45.1 Å². The Labute approximate surface area is 389 Å². The van der Waals surface area contributed by atoms with Crippen molar-refractivity contribution in [3.63, 3.8) is 0 Å². The van der Waals surface area contributed by atoms with Crippen LogP contribution in [0, 0.1) is 10.8 Å². The third-order valence-corrected chi connectivity index (χ3v) is 14.1. The topological polar surface area (TPSA) is 184 Å². The van der Waals surface area contributed by atoms with E-state index in [0.717, 1.165) is 55.4 Å². The fourth-order valence-corrected chi connectivity index (χ4v) is 10.0. The Morgan fingerprint density at radius 3 is 1.88 bits per heavy atom. The number of alkyl carbamates (subject to hydrolysis) is 2. The van der Waals surface area contributed by atoms with Gasteiger partial charge in [-0.1, -0.05) is 59.7 Å². The van der Waals surface area contributed by atoms with Crippen molar-refractivity contribution >= 4 is 45.8 Å². The molecular formula is C50H62F2N8O7.